The smallest absolute Gasteiger partial charge is 0.357 e. The minimum Gasteiger partial charge on any atom is -0.464 e. The number of nitrogens with one attached hydrogen (secondary N) is 1. The molecule has 1 atom stereocenters. The van der Waals surface area contributed by atoms with Crippen LogP contribution in [0, 0.1) is 16.4 Å². The van der Waals surface area contributed by atoms with Crippen molar-refractivity contribution in [3.63, 3.8) is 0 Å². The van der Waals surface area contributed by atoms with Crippen LogP contribution in [-0.2, 0) is 4.74 Å². The Kier molecular flexibility index (Phi) is 4.99. The van der Waals surface area contributed by atoms with Gasteiger partial charge in [-0.2, -0.15) is 0 Å². The Morgan fingerprint density at radius 1 is 1.38 bits per heavy atom. The Morgan fingerprint density at radius 3 is 2.73 bits per heavy atom. The SMILES string of the molecule is CC[C@@H](c1ccc(F)c(F)c1)n1c(C(=O)OC)c(-c2ccno2)[nH]c1=S. The predicted octanol–water partition coefficient (Wildman–Crippen LogP) is 4.26. The first kappa shape index (κ1) is 18.0. The third-order valence-electron chi connectivity index (χ3n) is 4.02. The molecule has 2 heterocycles. The van der Waals surface area contributed by atoms with E-state index in [-0.39, 0.29) is 10.5 Å². The number of methoxy groups -OCH3 is 1. The van der Waals surface area contributed by atoms with Crippen LogP contribution >= 0.6 is 12.2 Å². The molecule has 9 heteroatoms. The zero-order valence-electron chi connectivity index (χ0n) is 14.0. The normalized spacial score (nSPS) is 12.2. The lowest BCUT2D eigenvalue weighted by atomic mass is 10.0. The van der Waals surface area contributed by atoms with Gasteiger partial charge in [0.25, 0.3) is 0 Å². The number of esters is 1. The number of nitrogens with zero attached hydrogens (tertiary/aromatic N) is 2. The van der Waals surface area contributed by atoms with Gasteiger partial charge >= 0.3 is 5.97 Å². The predicted molar refractivity (Wildman–Crippen MR) is 91.2 cm³/mol. The number of ether oxygens (including phenoxy) is 1. The van der Waals surface area contributed by atoms with Gasteiger partial charge in [0.2, 0.25) is 0 Å². The first-order chi connectivity index (χ1) is 12.5. The van der Waals surface area contributed by atoms with Crippen molar-refractivity contribution in [2.24, 2.45) is 0 Å². The van der Waals surface area contributed by atoms with E-state index in [2.05, 4.69) is 10.1 Å². The Labute approximate surface area is 152 Å². The maximum Gasteiger partial charge on any atom is 0.357 e. The first-order valence-corrected chi connectivity index (χ1v) is 8.17. The van der Waals surface area contributed by atoms with Crippen LogP contribution in [0.1, 0.15) is 35.4 Å². The van der Waals surface area contributed by atoms with Crippen molar-refractivity contribution in [3.8, 4) is 11.5 Å². The molecule has 3 aromatic rings. The molecule has 0 aliphatic rings. The summed E-state index contributed by atoms with van der Waals surface area (Å²) in [6.45, 7) is 1.84. The second-order valence-electron chi connectivity index (χ2n) is 5.49. The molecule has 0 spiro atoms. The number of carbonyl (C=O) groups is 1. The maximum atomic E-state index is 13.7. The van der Waals surface area contributed by atoms with Crippen molar-refractivity contribution in [2.45, 2.75) is 19.4 Å². The highest BCUT2D eigenvalue weighted by Gasteiger charge is 2.28. The van der Waals surface area contributed by atoms with E-state index in [0.717, 1.165) is 12.1 Å². The van der Waals surface area contributed by atoms with Crippen molar-refractivity contribution in [2.75, 3.05) is 7.11 Å². The summed E-state index contributed by atoms with van der Waals surface area (Å²) in [4.78, 5) is 15.3. The molecule has 0 saturated heterocycles. The minimum atomic E-state index is -0.974. The fourth-order valence-corrected chi connectivity index (χ4v) is 3.17. The van der Waals surface area contributed by atoms with Gasteiger partial charge in [-0.1, -0.05) is 18.1 Å². The number of hydrogen-bond acceptors (Lipinski definition) is 5. The third-order valence-corrected chi connectivity index (χ3v) is 4.32. The average molecular weight is 379 g/mol. The van der Waals surface area contributed by atoms with Crippen molar-refractivity contribution in [1.29, 1.82) is 0 Å². The van der Waals surface area contributed by atoms with E-state index >= 15 is 0 Å². The van der Waals surface area contributed by atoms with Crippen LogP contribution in [0.25, 0.3) is 11.5 Å². The van der Waals surface area contributed by atoms with Crippen LogP contribution in [0.2, 0.25) is 0 Å². The number of imidazole rings is 1. The Bertz CT molecular complexity index is 995. The van der Waals surface area contributed by atoms with Crippen molar-refractivity contribution in [3.05, 3.63) is 58.1 Å². The number of aromatic nitrogens is 3. The van der Waals surface area contributed by atoms with Crippen LogP contribution in [0.3, 0.4) is 0 Å². The molecule has 3 rings (SSSR count). The lowest BCUT2D eigenvalue weighted by Gasteiger charge is -2.20. The van der Waals surface area contributed by atoms with Crippen molar-refractivity contribution in [1.82, 2.24) is 14.7 Å². The number of aromatic amines is 1. The molecular weight excluding hydrogens is 364 g/mol. The van der Waals surface area contributed by atoms with Gasteiger partial charge in [-0.05, 0) is 36.3 Å². The topological polar surface area (TPSA) is 73.1 Å². The summed E-state index contributed by atoms with van der Waals surface area (Å²) in [5.41, 5.74) is 0.891. The minimum absolute atomic E-state index is 0.117. The van der Waals surface area contributed by atoms with Gasteiger partial charge in [-0.15, -0.1) is 0 Å². The Balaban J connectivity index is 2.23. The van der Waals surface area contributed by atoms with Gasteiger partial charge in [-0.3, -0.25) is 0 Å². The highest BCUT2D eigenvalue weighted by atomic mass is 32.1. The number of hydrogen-bond donors (Lipinski definition) is 1. The highest BCUT2D eigenvalue weighted by Crippen LogP contribution is 2.31. The summed E-state index contributed by atoms with van der Waals surface area (Å²) in [6.07, 6.45) is 1.90. The fraction of sp³-hybridized carbons (Fsp3) is 0.235. The summed E-state index contributed by atoms with van der Waals surface area (Å²) in [7, 11) is 1.24. The molecule has 1 aromatic carbocycles. The molecule has 0 unspecified atom stereocenters. The molecular formula is C17H15F2N3O3S. The van der Waals surface area contributed by atoms with Crippen molar-refractivity contribution < 1.29 is 22.8 Å². The summed E-state index contributed by atoms with van der Waals surface area (Å²) in [5.74, 6) is -2.27. The Morgan fingerprint density at radius 2 is 2.15 bits per heavy atom. The van der Waals surface area contributed by atoms with E-state index in [0.29, 0.717) is 23.4 Å². The molecule has 0 saturated carbocycles. The van der Waals surface area contributed by atoms with Crippen LogP contribution in [0.5, 0.6) is 0 Å². The number of carbonyl (C=O) groups excluding carboxylic acids is 1. The van der Waals surface area contributed by atoms with Gasteiger partial charge in [0.1, 0.15) is 5.69 Å². The molecule has 0 aliphatic carbocycles. The van der Waals surface area contributed by atoms with Crippen LogP contribution in [0.4, 0.5) is 8.78 Å². The zero-order valence-corrected chi connectivity index (χ0v) is 14.8. The molecule has 2 aromatic heterocycles. The van der Waals surface area contributed by atoms with E-state index in [4.69, 9.17) is 21.5 Å². The lowest BCUT2D eigenvalue weighted by molar-refractivity contribution is 0.0587. The molecule has 0 fully saturated rings. The molecule has 136 valence electrons. The molecule has 6 nitrogen and oxygen atoms in total. The van der Waals surface area contributed by atoms with Crippen molar-refractivity contribution >= 4 is 18.2 Å². The quantitative estimate of drug-likeness (QED) is 0.530. The molecule has 26 heavy (non-hydrogen) atoms. The number of halogens is 2. The maximum absolute atomic E-state index is 13.7. The standard InChI is InChI=1S/C17H15F2N3O3S/c1-3-12(9-4-5-10(18)11(19)8-9)22-15(16(23)24-2)14(21-17(22)26)13-6-7-20-25-13/h4-8,12H,3H2,1-2H3,(H,21,26)/t12-/m0/s1. The van der Waals surface area contributed by atoms with Crippen LogP contribution < -0.4 is 0 Å². The summed E-state index contributed by atoms with van der Waals surface area (Å²) in [5, 5.41) is 3.63. The molecule has 0 aliphatic heterocycles. The first-order valence-electron chi connectivity index (χ1n) is 7.76. The van der Waals surface area contributed by atoms with Crippen LogP contribution in [-0.4, -0.2) is 27.8 Å². The average Bonchev–Trinajstić information content (AvgIpc) is 3.26. The largest absolute Gasteiger partial charge is 0.464 e. The fourth-order valence-electron chi connectivity index (χ4n) is 2.85. The molecule has 0 radical (unpaired) electrons. The zero-order chi connectivity index (χ0) is 18.8. The summed E-state index contributed by atoms with van der Waals surface area (Å²) in [6, 6.07) is 4.64. The second kappa shape index (κ2) is 7.20. The lowest BCUT2D eigenvalue weighted by Crippen LogP contribution is -2.18. The van der Waals surface area contributed by atoms with E-state index in [1.807, 2.05) is 6.92 Å². The van der Waals surface area contributed by atoms with E-state index in [1.54, 1.807) is 6.07 Å². The van der Waals surface area contributed by atoms with Gasteiger partial charge in [0, 0.05) is 6.07 Å². The number of rotatable bonds is 5. The van der Waals surface area contributed by atoms with E-state index < -0.39 is 23.6 Å². The number of benzene rings is 1. The summed E-state index contributed by atoms with van der Waals surface area (Å²) < 4.78 is 38.7. The monoisotopic (exact) mass is 379 g/mol. The van der Waals surface area contributed by atoms with E-state index in [9.17, 15) is 13.6 Å². The van der Waals surface area contributed by atoms with Gasteiger partial charge in [0.15, 0.2) is 27.9 Å². The van der Waals surface area contributed by atoms with Gasteiger partial charge < -0.3 is 18.8 Å². The molecule has 0 amide bonds. The summed E-state index contributed by atoms with van der Waals surface area (Å²) >= 11 is 5.37. The van der Waals surface area contributed by atoms with Crippen LogP contribution in [0.15, 0.2) is 35.0 Å². The second-order valence-corrected chi connectivity index (χ2v) is 5.88. The third kappa shape index (κ3) is 3.05. The van der Waals surface area contributed by atoms with Gasteiger partial charge in [0.05, 0.1) is 19.3 Å². The van der Waals surface area contributed by atoms with Gasteiger partial charge in [-0.25, -0.2) is 13.6 Å². The Hall–Kier alpha value is -2.81. The van der Waals surface area contributed by atoms with E-state index in [1.165, 1.54) is 23.9 Å². The molecule has 0 bridgehead atoms. The highest BCUT2D eigenvalue weighted by molar-refractivity contribution is 7.71. The number of H-pyrrole nitrogens is 1. The molecule has 1 N–H and O–H groups in total.